The summed E-state index contributed by atoms with van der Waals surface area (Å²) in [6.45, 7) is 0.504. The Bertz CT molecular complexity index is 1180. The summed E-state index contributed by atoms with van der Waals surface area (Å²) in [5.74, 6) is 0.266. The van der Waals surface area contributed by atoms with Crippen molar-refractivity contribution >= 4 is 39.8 Å². The molecule has 0 fully saturated rings. The predicted octanol–water partition coefficient (Wildman–Crippen LogP) is 6.00. The maximum absolute atomic E-state index is 12.0. The number of carbonyl (C=O) groups excluding carboxylic acids is 1. The summed E-state index contributed by atoms with van der Waals surface area (Å²) >= 11 is 6.17. The third kappa shape index (κ3) is 4.53. The zero-order valence-corrected chi connectivity index (χ0v) is 17.0. The Balaban J connectivity index is 1.57. The topological polar surface area (TPSA) is 60.5 Å². The Morgan fingerprint density at radius 1 is 1.00 bits per heavy atom. The fourth-order valence-corrected chi connectivity index (χ4v) is 3.21. The molecule has 0 saturated carbocycles. The van der Waals surface area contributed by atoms with Crippen molar-refractivity contribution in [3.63, 3.8) is 0 Å². The molecule has 1 N–H and O–H groups in total. The fraction of sp³-hybridized carbons (Fsp3) is 0.0833. The van der Waals surface area contributed by atoms with Gasteiger partial charge in [0.15, 0.2) is 5.69 Å². The highest BCUT2D eigenvalue weighted by molar-refractivity contribution is 6.31. The minimum atomic E-state index is -0.500. The molecular formula is C24H19ClN2O3. The molecule has 5 nitrogen and oxygen atoms in total. The highest BCUT2D eigenvalue weighted by atomic mass is 35.5. The van der Waals surface area contributed by atoms with Crippen molar-refractivity contribution in [2.75, 3.05) is 12.4 Å². The van der Waals surface area contributed by atoms with Crippen LogP contribution in [0.1, 0.15) is 16.1 Å². The number of nitrogens with one attached hydrogen (secondary N) is 1. The summed E-state index contributed by atoms with van der Waals surface area (Å²) in [6.07, 6.45) is 0. The number of aromatic nitrogens is 1. The van der Waals surface area contributed by atoms with Crippen molar-refractivity contribution in [2.45, 2.75) is 6.61 Å². The van der Waals surface area contributed by atoms with Gasteiger partial charge in [-0.15, -0.1) is 0 Å². The van der Waals surface area contributed by atoms with Crippen LogP contribution in [-0.4, -0.2) is 18.1 Å². The molecule has 0 unspecified atom stereocenters. The zero-order chi connectivity index (χ0) is 20.9. The van der Waals surface area contributed by atoms with Crippen LogP contribution < -0.4 is 10.1 Å². The van der Waals surface area contributed by atoms with Gasteiger partial charge in [-0.1, -0.05) is 41.9 Å². The third-order valence-corrected chi connectivity index (χ3v) is 4.78. The van der Waals surface area contributed by atoms with E-state index in [2.05, 4.69) is 10.3 Å². The Morgan fingerprint density at radius 3 is 2.50 bits per heavy atom. The van der Waals surface area contributed by atoms with Crippen LogP contribution >= 0.6 is 11.6 Å². The Labute approximate surface area is 179 Å². The first kappa shape index (κ1) is 19.7. The lowest BCUT2D eigenvalue weighted by molar-refractivity contribution is 0.0594. The molecule has 150 valence electrons. The Hall–Kier alpha value is -3.57. The van der Waals surface area contributed by atoms with Crippen LogP contribution in [0.15, 0.2) is 78.9 Å². The number of methoxy groups -OCH3 is 1. The van der Waals surface area contributed by atoms with Gasteiger partial charge in [0.2, 0.25) is 0 Å². The SMILES string of the molecule is COC(=O)c1cc(Nc2ccc(OCc3ccccc3)cc2)c2cc(Cl)ccc2n1. The molecule has 0 atom stereocenters. The van der Waals surface area contributed by atoms with Gasteiger partial charge in [-0.3, -0.25) is 0 Å². The van der Waals surface area contributed by atoms with Crippen LogP contribution in [0.2, 0.25) is 5.02 Å². The summed E-state index contributed by atoms with van der Waals surface area (Å²) in [7, 11) is 1.33. The molecule has 0 radical (unpaired) electrons. The van der Waals surface area contributed by atoms with Crippen LogP contribution in [0.3, 0.4) is 0 Å². The summed E-state index contributed by atoms with van der Waals surface area (Å²) in [5, 5.41) is 4.72. The van der Waals surface area contributed by atoms with E-state index >= 15 is 0 Å². The number of fused-ring (bicyclic) bond motifs is 1. The highest BCUT2D eigenvalue weighted by Gasteiger charge is 2.13. The third-order valence-electron chi connectivity index (χ3n) is 4.55. The average molecular weight is 419 g/mol. The van der Waals surface area contributed by atoms with Crippen LogP contribution in [0.4, 0.5) is 11.4 Å². The van der Waals surface area contributed by atoms with Crippen molar-refractivity contribution in [3.8, 4) is 5.75 Å². The Kier molecular flexibility index (Phi) is 5.82. The van der Waals surface area contributed by atoms with E-state index in [1.54, 1.807) is 18.2 Å². The molecule has 1 heterocycles. The van der Waals surface area contributed by atoms with E-state index in [1.807, 2.05) is 60.7 Å². The van der Waals surface area contributed by atoms with E-state index in [1.165, 1.54) is 7.11 Å². The van der Waals surface area contributed by atoms with Crippen molar-refractivity contribution in [1.82, 2.24) is 4.98 Å². The van der Waals surface area contributed by atoms with Crippen molar-refractivity contribution in [3.05, 3.63) is 95.1 Å². The number of rotatable bonds is 6. The standard InChI is InChI=1S/C24H19ClN2O3/c1-29-24(28)23-14-22(20-13-17(25)7-12-21(20)27-23)26-18-8-10-19(11-9-18)30-15-16-5-3-2-4-6-16/h2-14H,15H2,1H3,(H,26,27). The molecule has 0 bridgehead atoms. The van der Waals surface area contributed by atoms with Gasteiger partial charge >= 0.3 is 5.97 Å². The quantitative estimate of drug-likeness (QED) is 0.389. The average Bonchev–Trinajstić information content (AvgIpc) is 2.79. The Morgan fingerprint density at radius 2 is 1.77 bits per heavy atom. The molecule has 3 aromatic carbocycles. The van der Waals surface area contributed by atoms with Gasteiger partial charge in [0.1, 0.15) is 12.4 Å². The van der Waals surface area contributed by atoms with Gasteiger partial charge in [0.05, 0.1) is 18.3 Å². The molecule has 0 amide bonds. The number of anilines is 2. The molecule has 30 heavy (non-hydrogen) atoms. The van der Waals surface area contributed by atoms with Crippen molar-refractivity contribution < 1.29 is 14.3 Å². The molecule has 0 aliphatic heterocycles. The second kappa shape index (κ2) is 8.84. The number of halogens is 1. The second-order valence-electron chi connectivity index (χ2n) is 6.63. The van der Waals surface area contributed by atoms with E-state index in [-0.39, 0.29) is 5.69 Å². The maximum atomic E-state index is 12.0. The van der Waals surface area contributed by atoms with E-state index in [0.29, 0.717) is 22.8 Å². The molecule has 0 saturated heterocycles. The van der Waals surface area contributed by atoms with Gasteiger partial charge in [-0.05, 0) is 54.1 Å². The van der Waals surface area contributed by atoms with Gasteiger partial charge < -0.3 is 14.8 Å². The fourth-order valence-electron chi connectivity index (χ4n) is 3.04. The van der Waals surface area contributed by atoms with Gasteiger partial charge in [-0.2, -0.15) is 0 Å². The normalized spacial score (nSPS) is 10.6. The number of benzene rings is 3. The van der Waals surface area contributed by atoms with Gasteiger partial charge in [-0.25, -0.2) is 9.78 Å². The molecule has 4 rings (SSSR count). The number of ether oxygens (including phenoxy) is 2. The van der Waals surface area contributed by atoms with Crippen molar-refractivity contribution in [1.29, 1.82) is 0 Å². The van der Waals surface area contributed by atoms with Crippen LogP contribution in [0.5, 0.6) is 5.75 Å². The number of esters is 1. The molecule has 0 aliphatic carbocycles. The van der Waals surface area contributed by atoms with E-state index in [9.17, 15) is 4.79 Å². The zero-order valence-electron chi connectivity index (χ0n) is 16.3. The predicted molar refractivity (Wildman–Crippen MR) is 119 cm³/mol. The number of hydrogen-bond donors (Lipinski definition) is 1. The van der Waals surface area contributed by atoms with Gasteiger partial charge in [0.25, 0.3) is 0 Å². The van der Waals surface area contributed by atoms with E-state index in [0.717, 1.165) is 22.4 Å². The maximum Gasteiger partial charge on any atom is 0.356 e. The number of pyridine rings is 1. The molecule has 0 aliphatic rings. The number of carbonyl (C=O) groups is 1. The molecule has 6 heteroatoms. The lowest BCUT2D eigenvalue weighted by atomic mass is 10.1. The second-order valence-corrected chi connectivity index (χ2v) is 7.07. The lowest BCUT2D eigenvalue weighted by Gasteiger charge is -2.13. The van der Waals surface area contributed by atoms with Gasteiger partial charge in [0, 0.05) is 16.1 Å². The summed E-state index contributed by atoms with van der Waals surface area (Å²) in [6, 6.07) is 24.6. The first-order valence-corrected chi connectivity index (χ1v) is 9.72. The largest absolute Gasteiger partial charge is 0.489 e. The summed E-state index contributed by atoms with van der Waals surface area (Å²) in [4.78, 5) is 16.4. The van der Waals surface area contributed by atoms with E-state index < -0.39 is 5.97 Å². The highest BCUT2D eigenvalue weighted by Crippen LogP contribution is 2.30. The molecule has 1 aromatic heterocycles. The van der Waals surface area contributed by atoms with Crippen LogP contribution in [0.25, 0.3) is 10.9 Å². The lowest BCUT2D eigenvalue weighted by Crippen LogP contribution is -2.06. The van der Waals surface area contributed by atoms with E-state index in [4.69, 9.17) is 21.1 Å². The van der Waals surface area contributed by atoms with Crippen LogP contribution in [-0.2, 0) is 11.3 Å². The molecule has 4 aromatic rings. The number of nitrogens with zero attached hydrogens (tertiary/aromatic N) is 1. The minimum absolute atomic E-state index is 0.220. The number of hydrogen-bond acceptors (Lipinski definition) is 5. The molecular weight excluding hydrogens is 400 g/mol. The van der Waals surface area contributed by atoms with Crippen LogP contribution in [0, 0.1) is 0 Å². The molecule has 0 spiro atoms. The first-order valence-electron chi connectivity index (χ1n) is 9.35. The first-order chi connectivity index (χ1) is 14.6. The minimum Gasteiger partial charge on any atom is -0.489 e. The monoisotopic (exact) mass is 418 g/mol. The summed E-state index contributed by atoms with van der Waals surface area (Å²) in [5.41, 5.74) is 3.52. The summed E-state index contributed by atoms with van der Waals surface area (Å²) < 4.78 is 10.7. The van der Waals surface area contributed by atoms with Crippen molar-refractivity contribution in [2.24, 2.45) is 0 Å². The smallest absolute Gasteiger partial charge is 0.356 e.